The standard InChI is InChI=1S/C21H33NO2/c1-16(2)20-9-5-6-10-21(20)24-15-19(23)14-22-12-11-17-7-3-4-8-18(17)13-22/h5-6,9-10,16-19,23H,3-4,7-8,11-15H2,1-2H3/p+1/t17-,18+,19+/m0/s1. The van der Waals surface area contributed by atoms with Gasteiger partial charge in [-0.1, -0.05) is 44.9 Å². The van der Waals surface area contributed by atoms with Crippen LogP contribution in [0.1, 0.15) is 57.4 Å². The van der Waals surface area contributed by atoms with E-state index in [-0.39, 0.29) is 6.10 Å². The minimum Gasteiger partial charge on any atom is -0.490 e. The number of ether oxygens (including phenoxy) is 1. The van der Waals surface area contributed by atoms with Gasteiger partial charge in [-0.25, -0.2) is 0 Å². The monoisotopic (exact) mass is 332 g/mol. The molecule has 2 N–H and O–H groups in total. The second kappa shape index (κ2) is 8.35. The van der Waals surface area contributed by atoms with Gasteiger partial charge in [-0.3, -0.25) is 0 Å². The number of para-hydroxylation sites is 1. The van der Waals surface area contributed by atoms with Crippen LogP contribution in [0.3, 0.4) is 0 Å². The lowest BCUT2D eigenvalue weighted by Crippen LogP contribution is -3.15. The summed E-state index contributed by atoms with van der Waals surface area (Å²) in [5.41, 5.74) is 1.22. The Morgan fingerprint density at radius 2 is 1.88 bits per heavy atom. The van der Waals surface area contributed by atoms with Gasteiger partial charge in [0.25, 0.3) is 0 Å². The molecule has 1 aromatic carbocycles. The zero-order valence-electron chi connectivity index (χ0n) is 15.3. The maximum Gasteiger partial charge on any atom is 0.137 e. The summed E-state index contributed by atoms with van der Waals surface area (Å²) in [6, 6.07) is 8.19. The molecule has 2 fully saturated rings. The third-order valence-corrected chi connectivity index (χ3v) is 5.98. The molecule has 134 valence electrons. The highest BCUT2D eigenvalue weighted by molar-refractivity contribution is 5.35. The van der Waals surface area contributed by atoms with Crippen molar-refractivity contribution >= 4 is 0 Å². The molecule has 0 spiro atoms. The minimum absolute atomic E-state index is 0.375. The lowest BCUT2D eigenvalue weighted by atomic mass is 9.75. The van der Waals surface area contributed by atoms with E-state index in [1.54, 1.807) is 4.90 Å². The minimum atomic E-state index is -0.375. The van der Waals surface area contributed by atoms with Crippen molar-refractivity contribution in [3.8, 4) is 5.75 Å². The maximum absolute atomic E-state index is 10.4. The number of benzene rings is 1. The Kier molecular flexibility index (Phi) is 6.18. The second-order valence-electron chi connectivity index (χ2n) is 8.16. The van der Waals surface area contributed by atoms with E-state index in [9.17, 15) is 5.11 Å². The zero-order valence-corrected chi connectivity index (χ0v) is 15.3. The van der Waals surface area contributed by atoms with Crippen LogP contribution in [0.5, 0.6) is 5.75 Å². The van der Waals surface area contributed by atoms with Gasteiger partial charge in [-0.05, 0) is 42.7 Å². The number of likely N-dealkylation sites (tertiary alicyclic amines) is 1. The summed E-state index contributed by atoms with van der Waals surface area (Å²) in [5, 5.41) is 10.4. The summed E-state index contributed by atoms with van der Waals surface area (Å²) >= 11 is 0. The molecule has 2 aliphatic rings. The van der Waals surface area contributed by atoms with Crippen LogP contribution in [0, 0.1) is 11.8 Å². The van der Waals surface area contributed by atoms with Crippen molar-refractivity contribution in [2.45, 2.75) is 58.0 Å². The Bertz CT molecular complexity index is 516. The van der Waals surface area contributed by atoms with Crippen LogP contribution < -0.4 is 9.64 Å². The summed E-state index contributed by atoms with van der Waals surface area (Å²) in [6.45, 7) is 8.06. The van der Waals surface area contributed by atoms with E-state index in [1.165, 1.54) is 50.8 Å². The van der Waals surface area contributed by atoms with Crippen LogP contribution in [0.4, 0.5) is 0 Å². The molecule has 3 rings (SSSR count). The second-order valence-corrected chi connectivity index (χ2v) is 8.16. The molecule has 1 aliphatic heterocycles. The van der Waals surface area contributed by atoms with Gasteiger partial charge in [-0.15, -0.1) is 0 Å². The van der Waals surface area contributed by atoms with Gasteiger partial charge < -0.3 is 14.7 Å². The van der Waals surface area contributed by atoms with E-state index in [0.29, 0.717) is 12.5 Å². The van der Waals surface area contributed by atoms with Gasteiger partial charge in [0.15, 0.2) is 0 Å². The van der Waals surface area contributed by atoms with Crippen molar-refractivity contribution < 1.29 is 14.7 Å². The number of piperidine rings is 1. The van der Waals surface area contributed by atoms with E-state index in [2.05, 4.69) is 26.0 Å². The lowest BCUT2D eigenvalue weighted by molar-refractivity contribution is -0.913. The number of nitrogens with one attached hydrogen (secondary N) is 1. The Balaban J connectivity index is 1.47. The highest BCUT2D eigenvalue weighted by Gasteiger charge is 2.34. The molecule has 1 saturated heterocycles. The first-order valence-electron chi connectivity index (χ1n) is 9.87. The SMILES string of the molecule is CC(C)c1ccccc1OC[C@H](O)C[NH+]1CC[C@@H]2CCCC[C@@H]2C1. The Labute approximate surface area is 147 Å². The Morgan fingerprint density at radius 1 is 1.12 bits per heavy atom. The Hall–Kier alpha value is -1.06. The molecule has 0 radical (unpaired) electrons. The summed E-state index contributed by atoms with van der Waals surface area (Å²) in [7, 11) is 0. The molecule has 1 aromatic rings. The predicted molar refractivity (Wildman–Crippen MR) is 97.7 cm³/mol. The molecule has 0 aromatic heterocycles. The zero-order chi connectivity index (χ0) is 16.9. The van der Waals surface area contributed by atoms with Gasteiger partial charge in [0, 0.05) is 5.92 Å². The number of fused-ring (bicyclic) bond motifs is 1. The predicted octanol–water partition coefficient (Wildman–Crippen LogP) is 2.64. The van der Waals surface area contributed by atoms with E-state index < -0.39 is 0 Å². The van der Waals surface area contributed by atoms with Crippen molar-refractivity contribution in [1.29, 1.82) is 0 Å². The van der Waals surface area contributed by atoms with Gasteiger partial charge >= 0.3 is 0 Å². The van der Waals surface area contributed by atoms with E-state index in [0.717, 1.165) is 24.1 Å². The highest BCUT2D eigenvalue weighted by atomic mass is 16.5. The first-order chi connectivity index (χ1) is 11.6. The molecule has 1 unspecified atom stereocenters. The van der Waals surface area contributed by atoms with E-state index in [4.69, 9.17) is 4.74 Å². The first kappa shape index (κ1) is 17.8. The van der Waals surface area contributed by atoms with Crippen LogP contribution >= 0.6 is 0 Å². The lowest BCUT2D eigenvalue weighted by Gasteiger charge is -2.39. The van der Waals surface area contributed by atoms with Gasteiger partial charge in [0.05, 0.1) is 13.1 Å². The summed E-state index contributed by atoms with van der Waals surface area (Å²) in [5.74, 6) is 3.23. The number of aliphatic hydroxyl groups is 1. The largest absolute Gasteiger partial charge is 0.490 e. The molecule has 1 saturated carbocycles. The van der Waals surface area contributed by atoms with Gasteiger partial charge in [0.2, 0.25) is 0 Å². The number of quaternary nitrogens is 1. The highest BCUT2D eigenvalue weighted by Crippen LogP contribution is 2.32. The van der Waals surface area contributed by atoms with E-state index in [1.807, 2.05) is 12.1 Å². The molecule has 24 heavy (non-hydrogen) atoms. The third-order valence-electron chi connectivity index (χ3n) is 5.98. The summed E-state index contributed by atoms with van der Waals surface area (Å²) in [4.78, 5) is 1.58. The van der Waals surface area contributed by atoms with Crippen molar-refractivity contribution in [3.63, 3.8) is 0 Å². The molecular formula is C21H34NO2+. The molecule has 4 atom stereocenters. The fourth-order valence-corrected chi connectivity index (χ4v) is 4.65. The molecule has 0 amide bonds. The third kappa shape index (κ3) is 4.52. The van der Waals surface area contributed by atoms with E-state index >= 15 is 0 Å². The van der Waals surface area contributed by atoms with Crippen molar-refractivity contribution in [1.82, 2.24) is 0 Å². The molecule has 3 heteroatoms. The fraction of sp³-hybridized carbons (Fsp3) is 0.714. The summed E-state index contributed by atoms with van der Waals surface area (Å²) < 4.78 is 5.95. The Morgan fingerprint density at radius 3 is 2.67 bits per heavy atom. The van der Waals surface area contributed by atoms with Crippen LogP contribution in [-0.2, 0) is 0 Å². The quantitative estimate of drug-likeness (QED) is 0.840. The topological polar surface area (TPSA) is 33.9 Å². The van der Waals surface area contributed by atoms with Crippen molar-refractivity contribution in [2.75, 3.05) is 26.2 Å². The normalized spacial score (nSPS) is 28.4. The van der Waals surface area contributed by atoms with Gasteiger partial charge in [0.1, 0.15) is 25.0 Å². The fourth-order valence-electron chi connectivity index (χ4n) is 4.65. The average Bonchev–Trinajstić information content (AvgIpc) is 2.60. The smallest absolute Gasteiger partial charge is 0.137 e. The van der Waals surface area contributed by atoms with Crippen LogP contribution in [0.15, 0.2) is 24.3 Å². The van der Waals surface area contributed by atoms with Crippen LogP contribution in [0.2, 0.25) is 0 Å². The molecule has 1 heterocycles. The number of aliphatic hydroxyl groups excluding tert-OH is 1. The number of hydrogen-bond acceptors (Lipinski definition) is 2. The van der Waals surface area contributed by atoms with Crippen LogP contribution in [0.25, 0.3) is 0 Å². The maximum atomic E-state index is 10.4. The molecule has 3 nitrogen and oxygen atoms in total. The average molecular weight is 333 g/mol. The van der Waals surface area contributed by atoms with Crippen molar-refractivity contribution in [3.05, 3.63) is 29.8 Å². The first-order valence-corrected chi connectivity index (χ1v) is 9.87. The van der Waals surface area contributed by atoms with Gasteiger partial charge in [-0.2, -0.15) is 0 Å². The van der Waals surface area contributed by atoms with Crippen molar-refractivity contribution in [2.24, 2.45) is 11.8 Å². The molecule has 1 aliphatic carbocycles. The number of hydrogen-bond donors (Lipinski definition) is 2. The molecular weight excluding hydrogens is 298 g/mol. The summed E-state index contributed by atoms with van der Waals surface area (Å²) in [6.07, 6.45) is 6.66. The van der Waals surface area contributed by atoms with Crippen LogP contribution in [-0.4, -0.2) is 37.5 Å². The number of rotatable bonds is 6. The molecule has 0 bridgehead atoms.